The molecule has 2 aliphatic rings. The van der Waals surface area contributed by atoms with E-state index in [-0.39, 0.29) is 5.91 Å². The molecule has 3 atom stereocenters. The molecule has 0 aliphatic heterocycles. The number of hydrogen-bond donors (Lipinski definition) is 1. The van der Waals surface area contributed by atoms with Crippen LogP contribution in [-0.2, 0) is 7.05 Å². The number of aromatic nitrogens is 3. The molecule has 110 valence electrons. The summed E-state index contributed by atoms with van der Waals surface area (Å²) in [6.07, 6.45) is 10.6. The molecule has 6 heteroatoms. The van der Waals surface area contributed by atoms with Crippen molar-refractivity contribution in [2.75, 3.05) is 0 Å². The number of fused-ring (bicyclic) bond motifs is 2. The van der Waals surface area contributed by atoms with Crippen molar-refractivity contribution in [1.29, 1.82) is 0 Å². The molecule has 0 radical (unpaired) electrons. The number of nitrogens with one attached hydrogen (secondary N) is 1. The van der Waals surface area contributed by atoms with Gasteiger partial charge in [-0.3, -0.25) is 9.48 Å². The number of rotatable bonds is 3. The minimum absolute atomic E-state index is 0.0207. The Morgan fingerprint density at radius 3 is 2.95 bits per heavy atom. The number of amides is 1. The van der Waals surface area contributed by atoms with Crippen molar-refractivity contribution in [2.45, 2.75) is 31.7 Å². The van der Waals surface area contributed by atoms with E-state index >= 15 is 0 Å². The van der Waals surface area contributed by atoms with Crippen LogP contribution in [0, 0.1) is 11.8 Å². The fraction of sp³-hybridized carbons (Fsp3) is 0.533. The van der Waals surface area contributed by atoms with E-state index in [1.165, 1.54) is 30.6 Å². The molecule has 4 rings (SSSR count). The van der Waals surface area contributed by atoms with Crippen LogP contribution in [0.25, 0.3) is 10.4 Å². The number of nitrogens with zero attached hydrogens (tertiary/aromatic N) is 3. The maximum atomic E-state index is 12.3. The number of hydrogen-bond acceptors (Lipinski definition) is 4. The molecule has 0 saturated heterocycles. The van der Waals surface area contributed by atoms with Crippen molar-refractivity contribution < 1.29 is 4.79 Å². The highest BCUT2D eigenvalue weighted by Crippen LogP contribution is 2.44. The van der Waals surface area contributed by atoms with Gasteiger partial charge in [-0.05, 0) is 31.1 Å². The summed E-state index contributed by atoms with van der Waals surface area (Å²) >= 11 is 1.43. The van der Waals surface area contributed by atoms with Gasteiger partial charge in [0.1, 0.15) is 0 Å². The highest BCUT2D eigenvalue weighted by Gasteiger charge is 2.40. The molecule has 21 heavy (non-hydrogen) atoms. The second-order valence-corrected chi connectivity index (χ2v) is 7.22. The summed E-state index contributed by atoms with van der Waals surface area (Å²) in [6.45, 7) is 0. The van der Waals surface area contributed by atoms with Crippen LogP contribution < -0.4 is 5.32 Å². The summed E-state index contributed by atoms with van der Waals surface area (Å²) in [7, 11) is 1.88. The molecule has 5 nitrogen and oxygen atoms in total. The van der Waals surface area contributed by atoms with Crippen LogP contribution in [0.15, 0.2) is 18.6 Å². The first-order valence-electron chi connectivity index (χ1n) is 7.45. The van der Waals surface area contributed by atoms with Gasteiger partial charge < -0.3 is 5.32 Å². The summed E-state index contributed by atoms with van der Waals surface area (Å²) in [4.78, 5) is 17.6. The Kier molecular flexibility index (Phi) is 3.06. The van der Waals surface area contributed by atoms with E-state index < -0.39 is 0 Å². The van der Waals surface area contributed by atoms with Crippen molar-refractivity contribution in [2.24, 2.45) is 18.9 Å². The van der Waals surface area contributed by atoms with Crippen molar-refractivity contribution in [3.8, 4) is 10.4 Å². The van der Waals surface area contributed by atoms with Crippen molar-refractivity contribution in [3.63, 3.8) is 0 Å². The number of carbonyl (C=O) groups excluding carboxylic acids is 1. The lowest BCUT2D eigenvalue weighted by atomic mass is 9.95. The van der Waals surface area contributed by atoms with Gasteiger partial charge in [-0.2, -0.15) is 5.10 Å². The monoisotopic (exact) mass is 302 g/mol. The van der Waals surface area contributed by atoms with Crippen LogP contribution in [0.5, 0.6) is 0 Å². The molecule has 2 heterocycles. The van der Waals surface area contributed by atoms with E-state index in [0.29, 0.717) is 17.0 Å². The average molecular weight is 302 g/mol. The fourth-order valence-electron chi connectivity index (χ4n) is 3.71. The molecule has 0 unspecified atom stereocenters. The molecule has 2 bridgehead atoms. The minimum Gasteiger partial charge on any atom is -0.347 e. The van der Waals surface area contributed by atoms with Gasteiger partial charge in [-0.15, -0.1) is 11.3 Å². The third-order valence-electron chi connectivity index (χ3n) is 4.74. The lowest BCUT2D eigenvalue weighted by Gasteiger charge is -2.22. The topological polar surface area (TPSA) is 59.8 Å². The van der Waals surface area contributed by atoms with Crippen LogP contribution in [0.1, 0.15) is 35.5 Å². The van der Waals surface area contributed by atoms with Crippen molar-refractivity contribution >= 4 is 17.2 Å². The smallest absolute Gasteiger partial charge is 0.280 e. The zero-order valence-electron chi connectivity index (χ0n) is 12.0. The molecule has 2 aromatic heterocycles. The van der Waals surface area contributed by atoms with Crippen LogP contribution in [0.3, 0.4) is 0 Å². The van der Waals surface area contributed by atoms with Crippen molar-refractivity contribution in [3.05, 3.63) is 23.6 Å². The maximum Gasteiger partial charge on any atom is 0.280 e. The summed E-state index contributed by atoms with van der Waals surface area (Å²) in [5.41, 5.74) is 1.01. The second kappa shape index (κ2) is 4.94. The third kappa shape index (κ3) is 2.37. The largest absolute Gasteiger partial charge is 0.347 e. The summed E-state index contributed by atoms with van der Waals surface area (Å²) in [6, 6.07) is 0.363. The Bertz CT molecular complexity index is 677. The SMILES string of the molecule is Cn1cc(-c2cnc(C(=O)N[C@@H]3C[C@@H]4CC[C@H]3C4)s2)cn1. The van der Waals surface area contributed by atoms with E-state index in [9.17, 15) is 4.79 Å². The van der Waals surface area contributed by atoms with Crippen LogP contribution in [0.4, 0.5) is 0 Å². The first-order chi connectivity index (χ1) is 10.2. The number of carbonyl (C=O) groups is 1. The number of thiazole rings is 1. The number of aryl methyl sites for hydroxylation is 1. The van der Waals surface area contributed by atoms with Crippen LogP contribution in [-0.4, -0.2) is 26.7 Å². The van der Waals surface area contributed by atoms with Gasteiger partial charge in [0.2, 0.25) is 0 Å². The minimum atomic E-state index is -0.0207. The van der Waals surface area contributed by atoms with Gasteiger partial charge in [0.25, 0.3) is 5.91 Å². The van der Waals surface area contributed by atoms with Crippen LogP contribution in [0.2, 0.25) is 0 Å². The van der Waals surface area contributed by atoms with E-state index in [1.807, 2.05) is 13.2 Å². The lowest BCUT2D eigenvalue weighted by Crippen LogP contribution is -2.38. The lowest BCUT2D eigenvalue weighted by molar-refractivity contribution is 0.0922. The highest BCUT2D eigenvalue weighted by molar-refractivity contribution is 7.16. The molecular formula is C15H18N4OS. The second-order valence-electron chi connectivity index (χ2n) is 6.19. The van der Waals surface area contributed by atoms with Gasteiger partial charge in [-0.1, -0.05) is 6.42 Å². The Hall–Kier alpha value is -1.69. The molecule has 0 aromatic carbocycles. The van der Waals surface area contributed by atoms with Crippen LogP contribution >= 0.6 is 11.3 Å². The van der Waals surface area contributed by atoms with E-state index in [4.69, 9.17) is 0 Å². The first kappa shape index (κ1) is 13.0. The zero-order chi connectivity index (χ0) is 14.4. The fourth-order valence-corrected chi connectivity index (χ4v) is 4.51. The molecular weight excluding hydrogens is 284 g/mol. The standard InChI is InChI=1S/C15H18N4OS/c1-19-8-11(6-17-19)13-7-16-15(21-13)14(20)18-12-5-9-2-3-10(12)4-9/h6-10,12H,2-5H2,1H3,(H,18,20)/t9-,10+,12-/m1/s1. The molecule has 1 amide bonds. The van der Waals surface area contributed by atoms with Gasteiger partial charge >= 0.3 is 0 Å². The molecule has 2 saturated carbocycles. The summed E-state index contributed by atoms with van der Waals surface area (Å²) in [5, 5.41) is 7.89. The molecule has 2 aromatic rings. The molecule has 2 fully saturated rings. The summed E-state index contributed by atoms with van der Waals surface area (Å²) in [5.74, 6) is 1.51. The zero-order valence-corrected chi connectivity index (χ0v) is 12.8. The first-order valence-corrected chi connectivity index (χ1v) is 8.26. The maximum absolute atomic E-state index is 12.3. The Morgan fingerprint density at radius 1 is 1.38 bits per heavy atom. The Labute approximate surface area is 127 Å². The third-order valence-corrected chi connectivity index (χ3v) is 5.79. The van der Waals surface area contributed by atoms with E-state index in [1.54, 1.807) is 17.1 Å². The predicted molar refractivity (Wildman–Crippen MR) is 81.0 cm³/mol. The van der Waals surface area contributed by atoms with Crippen molar-refractivity contribution in [1.82, 2.24) is 20.1 Å². The summed E-state index contributed by atoms with van der Waals surface area (Å²) < 4.78 is 1.75. The average Bonchev–Trinajstić information content (AvgIpc) is 3.22. The Morgan fingerprint density at radius 2 is 2.29 bits per heavy atom. The quantitative estimate of drug-likeness (QED) is 0.947. The Balaban J connectivity index is 1.46. The molecule has 0 spiro atoms. The van der Waals surface area contributed by atoms with Gasteiger partial charge in [0.15, 0.2) is 5.01 Å². The van der Waals surface area contributed by atoms with Gasteiger partial charge in [0.05, 0.1) is 11.1 Å². The highest BCUT2D eigenvalue weighted by atomic mass is 32.1. The van der Waals surface area contributed by atoms with Gasteiger partial charge in [-0.25, -0.2) is 4.98 Å². The normalized spacial score (nSPS) is 27.2. The molecule has 2 aliphatic carbocycles. The van der Waals surface area contributed by atoms with E-state index in [2.05, 4.69) is 15.4 Å². The van der Waals surface area contributed by atoms with Gasteiger partial charge in [0, 0.05) is 31.0 Å². The van der Waals surface area contributed by atoms with E-state index in [0.717, 1.165) is 22.8 Å². The molecule has 1 N–H and O–H groups in total. The predicted octanol–water partition coefficient (Wildman–Crippen LogP) is 2.46.